The van der Waals surface area contributed by atoms with Crippen LogP contribution in [-0.4, -0.2) is 52.9 Å². The van der Waals surface area contributed by atoms with Crippen LogP contribution in [0.3, 0.4) is 0 Å². The molecule has 3 aliphatic rings. The Morgan fingerprint density at radius 1 is 1.12 bits per heavy atom. The highest BCUT2D eigenvalue weighted by Gasteiger charge is 2.47. The highest BCUT2D eigenvalue weighted by molar-refractivity contribution is 5.01. The lowest BCUT2D eigenvalue weighted by atomic mass is 9.80. The normalized spacial score (nSPS) is 43.3. The van der Waals surface area contributed by atoms with Gasteiger partial charge in [-0.15, -0.1) is 0 Å². The number of fused-ring (bicyclic) bond motifs is 1. The second-order valence-corrected chi connectivity index (χ2v) is 6.09. The zero-order valence-corrected chi connectivity index (χ0v) is 10.5. The summed E-state index contributed by atoms with van der Waals surface area (Å²) in [5, 5.41) is 9.74. The minimum atomic E-state index is -0.121. The highest BCUT2D eigenvalue weighted by atomic mass is 16.3. The lowest BCUT2D eigenvalue weighted by Gasteiger charge is -2.37. The van der Waals surface area contributed by atoms with Crippen molar-refractivity contribution in [3.63, 3.8) is 0 Å². The molecule has 0 aromatic carbocycles. The van der Waals surface area contributed by atoms with Crippen molar-refractivity contribution in [2.45, 2.75) is 63.3 Å². The second-order valence-electron chi connectivity index (χ2n) is 6.09. The molecule has 0 aromatic heterocycles. The molecule has 2 aliphatic carbocycles. The Hall–Kier alpha value is -0.120. The van der Waals surface area contributed by atoms with Gasteiger partial charge in [-0.25, -0.2) is 0 Å². The van der Waals surface area contributed by atoms with Gasteiger partial charge in [0.05, 0.1) is 12.8 Å². The zero-order chi connectivity index (χ0) is 11.3. The Balaban J connectivity index is 1.69. The van der Waals surface area contributed by atoms with Gasteiger partial charge in [-0.3, -0.25) is 9.80 Å². The van der Waals surface area contributed by atoms with Crippen LogP contribution in [0.5, 0.6) is 0 Å². The minimum absolute atomic E-state index is 0.121. The summed E-state index contributed by atoms with van der Waals surface area (Å²) in [6.07, 6.45) is 6.41. The number of likely N-dealkylation sites (N-methyl/N-ethyl adjacent to an activating group) is 1. The lowest BCUT2D eigenvalue weighted by molar-refractivity contribution is 0.0658. The quantitative estimate of drug-likeness (QED) is 0.765. The van der Waals surface area contributed by atoms with Crippen LogP contribution in [-0.2, 0) is 0 Å². The predicted molar refractivity (Wildman–Crippen MR) is 64.1 cm³/mol. The molecule has 0 radical (unpaired) electrons. The first-order valence-electron chi connectivity index (χ1n) is 6.81. The first-order valence-corrected chi connectivity index (χ1v) is 6.81. The molecule has 3 heteroatoms. The van der Waals surface area contributed by atoms with Crippen molar-refractivity contribution in [3.05, 3.63) is 0 Å². The van der Waals surface area contributed by atoms with Crippen molar-refractivity contribution in [1.29, 1.82) is 0 Å². The summed E-state index contributed by atoms with van der Waals surface area (Å²) >= 11 is 0. The number of rotatable bonds is 2. The van der Waals surface area contributed by atoms with E-state index in [9.17, 15) is 5.11 Å². The van der Waals surface area contributed by atoms with Crippen molar-refractivity contribution < 1.29 is 5.11 Å². The summed E-state index contributed by atoms with van der Waals surface area (Å²) in [6.45, 7) is 3.12. The third-order valence-electron chi connectivity index (χ3n) is 4.90. The van der Waals surface area contributed by atoms with Gasteiger partial charge in [0.1, 0.15) is 0 Å². The van der Waals surface area contributed by atoms with Crippen LogP contribution in [0.25, 0.3) is 0 Å². The van der Waals surface area contributed by atoms with Crippen LogP contribution >= 0.6 is 0 Å². The minimum Gasteiger partial charge on any atom is -0.393 e. The molecular weight excluding hydrogens is 200 g/mol. The lowest BCUT2D eigenvalue weighted by Crippen LogP contribution is -2.44. The predicted octanol–water partition coefficient (Wildman–Crippen LogP) is 1.27. The van der Waals surface area contributed by atoms with Crippen LogP contribution in [0.2, 0.25) is 0 Å². The van der Waals surface area contributed by atoms with E-state index in [1.165, 1.54) is 32.1 Å². The topological polar surface area (TPSA) is 26.7 Å². The Bertz CT molecular complexity index is 265. The average molecular weight is 224 g/mol. The van der Waals surface area contributed by atoms with Crippen LogP contribution in [0.4, 0.5) is 0 Å². The molecule has 1 saturated heterocycles. The number of aliphatic hydroxyl groups is 1. The molecule has 0 aromatic rings. The molecule has 16 heavy (non-hydrogen) atoms. The van der Waals surface area contributed by atoms with E-state index in [-0.39, 0.29) is 6.10 Å². The van der Waals surface area contributed by atoms with Crippen molar-refractivity contribution in [2.24, 2.45) is 5.92 Å². The summed E-state index contributed by atoms with van der Waals surface area (Å²) in [7, 11) is 2.25. The fourth-order valence-electron chi connectivity index (χ4n) is 3.72. The SMILES string of the molecule is CC(O)C1CCC2C(C1)N(C)CN2C1CC1. The van der Waals surface area contributed by atoms with Crippen LogP contribution < -0.4 is 0 Å². The first kappa shape index (κ1) is 11.0. The van der Waals surface area contributed by atoms with Crippen LogP contribution in [0.1, 0.15) is 39.0 Å². The maximum Gasteiger partial charge on any atom is 0.0540 e. The number of aliphatic hydroxyl groups excluding tert-OH is 1. The molecule has 1 heterocycles. The fourth-order valence-corrected chi connectivity index (χ4v) is 3.72. The van der Waals surface area contributed by atoms with Gasteiger partial charge in [0.2, 0.25) is 0 Å². The van der Waals surface area contributed by atoms with Gasteiger partial charge >= 0.3 is 0 Å². The standard InChI is InChI=1S/C13H24N2O/c1-9(16)10-3-6-12-13(7-10)14(2)8-15(12)11-4-5-11/h9-13,16H,3-8H2,1-2H3. The van der Waals surface area contributed by atoms with Crippen LogP contribution in [0, 0.1) is 5.92 Å². The van der Waals surface area contributed by atoms with Gasteiger partial charge in [0, 0.05) is 18.1 Å². The molecule has 4 atom stereocenters. The van der Waals surface area contributed by atoms with E-state index in [2.05, 4.69) is 16.8 Å². The maximum absolute atomic E-state index is 9.74. The Kier molecular flexibility index (Phi) is 2.73. The largest absolute Gasteiger partial charge is 0.393 e. The van der Waals surface area contributed by atoms with E-state index in [0.29, 0.717) is 12.0 Å². The van der Waals surface area contributed by atoms with Gasteiger partial charge in [-0.2, -0.15) is 0 Å². The Labute approximate surface area is 98.4 Å². The number of hydrogen-bond acceptors (Lipinski definition) is 3. The van der Waals surface area contributed by atoms with Crippen molar-refractivity contribution >= 4 is 0 Å². The summed E-state index contributed by atoms with van der Waals surface area (Å²) in [5.74, 6) is 0.530. The molecule has 1 aliphatic heterocycles. The molecule has 0 bridgehead atoms. The van der Waals surface area contributed by atoms with E-state index in [1.54, 1.807) is 0 Å². The molecule has 2 saturated carbocycles. The van der Waals surface area contributed by atoms with E-state index in [1.807, 2.05) is 6.92 Å². The molecule has 92 valence electrons. The fraction of sp³-hybridized carbons (Fsp3) is 1.00. The van der Waals surface area contributed by atoms with Gasteiger partial charge in [-0.1, -0.05) is 0 Å². The number of nitrogens with zero attached hydrogens (tertiary/aromatic N) is 2. The van der Waals surface area contributed by atoms with Gasteiger partial charge in [0.15, 0.2) is 0 Å². The molecular formula is C13H24N2O. The van der Waals surface area contributed by atoms with Crippen molar-refractivity contribution in [1.82, 2.24) is 9.80 Å². The maximum atomic E-state index is 9.74. The monoisotopic (exact) mass is 224 g/mol. The molecule has 1 N–H and O–H groups in total. The van der Waals surface area contributed by atoms with Gasteiger partial charge < -0.3 is 5.11 Å². The highest BCUT2D eigenvalue weighted by Crippen LogP contribution is 2.41. The van der Waals surface area contributed by atoms with E-state index < -0.39 is 0 Å². The number of hydrogen-bond donors (Lipinski definition) is 1. The first-order chi connectivity index (χ1) is 7.66. The Morgan fingerprint density at radius 3 is 2.50 bits per heavy atom. The summed E-state index contributed by atoms with van der Waals surface area (Å²) in [6, 6.07) is 2.38. The molecule has 3 fully saturated rings. The molecule has 4 unspecified atom stereocenters. The van der Waals surface area contributed by atoms with Gasteiger partial charge in [0.25, 0.3) is 0 Å². The van der Waals surface area contributed by atoms with Crippen molar-refractivity contribution in [2.75, 3.05) is 13.7 Å². The second kappa shape index (κ2) is 3.97. The molecule has 0 amide bonds. The summed E-state index contributed by atoms with van der Waals surface area (Å²) in [5.41, 5.74) is 0. The average Bonchev–Trinajstić information content (AvgIpc) is 3.04. The van der Waals surface area contributed by atoms with Crippen molar-refractivity contribution in [3.8, 4) is 0 Å². The summed E-state index contributed by atoms with van der Waals surface area (Å²) in [4.78, 5) is 5.24. The third kappa shape index (κ3) is 1.79. The summed E-state index contributed by atoms with van der Waals surface area (Å²) < 4.78 is 0. The smallest absolute Gasteiger partial charge is 0.0540 e. The van der Waals surface area contributed by atoms with E-state index in [0.717, 1.165) is 18.8 Å². The zero-order valence-electron chi connectivity index (χ0n) is 10.5. The third-order valence-corrected chi connectivity index (χ3v) is 4.90. The van der Waals surface area contributed by atoms with E-state index in [4.69, 9.17) is 0 Å². The van der Waals surface area contributed by atoms with Crippen LogP contribution in [0.15, 0.2) is 0 Å². The molecule has 0 spiro atoms. The Morgan fingerprint density at radius 2 is 1.88 bits per heavy atom. The molecule has 3 nitrogen and oxygen atoms in total. The van der Waals surface area contributed by atoms with E-state index >= 15 is 0 Å². The van der Waals surface area contributed by atoms with Gasteiger partial charge in [-0.05, 0) is 52.0 Å². The molecule has 3 rings (SSSR count).